The first-order valence-electron chi connectivity index (χ1n) is 4.99. The number of amides is 2. The SMILES string of the molecule is NCc1ccc(C(=O)NCCOC(N)=O)nc1. The highest BCUT2D eigenvalue weighted by molar-refractivity contribution is 5.92. The monoisotopic (exact) mass is 238 g/mol. The molecule has 0 atom stereocenters. The van der Waals surface area contributed by atoms with Gasteiger partial charge in [0.1, 0.15) is 12.3 Å². The van der Waals surface area contributed by atoms with E-state index in [4.69, 9.17) is 11.5 Å². The highest BCUT2D eigenvalue weighted by Gasteiger charge is 2.06. The number of nitrogens with one attached hydrogen (secondary N) is 1. The number of aromatic nitrogens is 1. The molecule has 0 spiro atoms. The highest BCUT2D eigenvalue weighted by atomic mass is 16.5. The summed E-state index contributed by atoms with van der Waals surface area (Å²) in [6.07, 6.45) is 0.666. The molecule has 2 amide bonds. The number of carbonyl (C=O) groups is 2. The maximum atomic E-state index is 11.5. The van der Waals surface area contributed by atoms with Crippen LogP contribution in [-0.4, -0.2) is 30.1 Å². The van der Waals surface area contributed by atoms with Crippen LogP contribution in [-0.2, 0) is 11.3 Å². The Kier molecular flexibility index (Phi) is 4.89. The van der Waals surface area contributed by atoms with Crippen molar-refractivity contribution >= 4 is 12.0 Å². The summed E-state index contributed by atoms with van der Waals surface area (Å²) < 4.78 is 4.45. The van der Waals surface area contributed by atoms with E-state index in [9.17, 15) is 9.59 Å². The molecular weight excluding hydrogens is 224 g/mol. The lowest BCUT2D eigenvalue weighted by Gasteiger charge is -2.05. The molecule has 0 bridgehead atoms. The fraction of sp³-hybridized carbons (Fsp3) is 0.300. The van der Waals surface area contributed by atoms with E-state index in [1.54, 1.807) is 12.1 Å². The first-order chi connectivity index (χ1) is 8.13. The average Bonchev–Trinajstić information content (AvgIpc) is 2.34. The van der Waals surface area contributed by atoms with Crippen LogP contribution in [0, 0.1) is 0 Å². The summed E-state index contributed by atoms with van der Waals surface area (Å²) in [5.74, 6) is -0.346. The van der Waals surface area contributed by atoms with Crippen LogP contribution < -0.4 is 16.8 Å². The molecule has 92 valence electrons. The van der Waals surface area contributed by atoms with Gasteiger partial charge in [-0.05, 0) is 11.6 Å². The summed E-state index contributed by atoms with van der Waals surface area (Å²) in [7, 11) is 0. The van der Waals surface area contributed by atoms with Crippen molar-refractivity contribution in [2.24, 2.45) is 11.5 Å². The van der Waals surface area contributed by atoms with Crippen LogP contribution >= 0.6 is 0 Å². The lowest BCUT2D eigenvalue weighted by atomic mass is 10.2. The zero-order chi connectivity index (χ0) is 12.7. The van der Waals surface area contributed by atoms with E-state index in [-0.39, 0.29) is 24.8 Å². The van der Waals surface area contributed by atoms with E-state index < -0.39 is 6.09 Å². The van der Waals surface area contributed by atoms with Crippen molar-refractivity contribution in [3.8, 4) is 0 Å². The number of rotatable bonds is 5. The van der Waals surface area contributed by atoms with Crippen LogP contribution in [0.1, 0.15) is 16.1 Å². The van der Waals surface area contributed by atoms with Crippen LogP contribution in [0.3, 0.4) is 0 Å². The number of hydrogen-bond acceptors (Lipinski definition) is 5. The third-order valence-electron chi connectivity index (χ3n) is 1.93. The van der Waals surface area contributed by atoms with Gasteiger partial charge in [0.15, 0.2) is 0 Å². The number of primary amides is 1. The van der Waals surface area contributed by atoms with Crippen molar-refractivity contribution < 1.29 is 14.3 Å². The van der Waals surface area contributed by atoms with Crippen LogP contribution in [0.15, 0.2) is 18.3 Å². The van der Waals surface area contributed by atoms with Gasteiger partial charge < -0.3 is 21.5 Å². The number of hydrogen-bond donors (Lipinski definition) is 3. The van der Waals surface area contributed by atoms with Gasteiger partial charge >= 0.3 is 6.09 Å². The Morgan fingerprint density at radius 2 is 2.18 bits per heavy atom. The second-order valence-electron chi connectivity index (χ2n) is 3.18. The number of nitrogens with zero attached hydrogens (tertiary/aromatic N) is 1. The van der Waals surface area contributed by atoms with Crippen molar-refractivity contribution in [1.82, 2.24) is 10.3 Å². The van der Waals surface area contributed by atoms with Crippen molar-refractivity contribution in [2.75, 3.05) is 13.2 Å². The van der Waals surface area contributed by atoms with Gasteiger partial charge in [-0.25, -0.2) is 4.79 Å². The summed E-state index contributed by atoms with van der Waals surface area (Å²) in [6.45, 7) is 0.589. The van der Waals surface area contributed by atoms with Gasteiger partial charge in [0.2, 0.25) is 0 Å². The number of pyridine rings is 1. The summed E-state index contributed by atoms with van der Waals surface area (Å²) in [6, 6.07) is 3.30. The average molecular weight is 238 g/mol. The minimum absolute atomic E-state index is 0.0297. The number of nitrogens with two attached hydrogens (primary N) is 2. The first kappa shape index (κ1) is 12.9. The van der Waals surface area contributed by atoms with Crippen molar-refractivity contribution in [2.45, 2.75) is 6.54 Å². The number of ether oxygens (including phenoxy) is 1. The standard InChI is InChI=1S/C10H14N4O3/c11-5-7-1-2-8(14-6-7)9(15)13-3-4-17-10(12)16/h1-2,6H,3-5,11H2,(H2,12,16)(H,13,15). The predicted octanol–water partition coefficient (Wildman–Crippen LogP) is -0.635. The Labute approximate surface area is 98.1 Å². The summed E-state index contributed by atoms with van der Waals surface area (Å²) in [5, 5.41) is 2.53. The van der Waals surface area contributed by atoms with Gasteiger partial charge in [-0.2, -0.15) is 0 Å². The Morgan fingerprint density at radius 1 is 1.41 bits per heavy atom. The summed E-state index contributed by atoms with van der Waals surface area (Å²) in [4.78, 5) is 25.7. The van der Waals surface area contributed by atoms with E-state index >= 15 is 0 Å². The second-order valence-corrected chi connectivity index (χ2v) is 3.18. The maximum absolute atomic E-state index is 11.5. The topological polar surface area (TPSA) is 120 Å². The minimum atomic E-state index is -0.871. The van der Waals surface area contributed by atoms with Gasteiger partial charge in [0.25, 0.3) is 5.91 Å². The smallest absolute Gasteiger partial charge is 0.404 e. The molecule has 0 aliphatic carbocycles. The van der Waals surface area contributed by atoms with Crippen molar-refractivity contribution in [3.05, 3.63) is 29.6 Å². The molecule has 0 saturated carbocycles. The molecule has 0 aromatic carbocycles. The zero-order valence-corrected chi connectivity index (χ0v) is 9.18. The van der Waals surface area contributed by atoms with Crippen LogP contribution in [0.4, 0.5) is 4.79 Å². The van der Waals surface area contributed by atoms with Gasteiger partial charge in [0.05, 0.1) is 6.54 Å². The molecule has 7 nitrogen and oxygen atoms in total. The van der Waals surface area contributed by atoms with Gasteiger partial charge in [-0.1, -0.05) is 6.07 Å². The molecule has 1 rings (SSSR count). The van der Waals surface area contributed by atoms with Crippen molar-refractivity contribution in [1.29, 1.82) is 0 Å². The fourth-order valence-corrected chi connectivity index (χ4v) is 1.09. The molecule has 0 aliphatic heterocycles. The molecule has 5 N–H and O–H groups in total. The summed E-state index contributed by atoms with van der Waals surface area (Å²) >= 11 is 0. The molecule has 0 unspecified atom stereocenters. The Balaban J connectivity index is 2.38. The molecular formula is C10H14N4O3. The Bertz CT molecular complexity index is 391. The zero-order valence-electron chi connectivity index (χ0n) is 9.18. The van der Waals surface area contributed by atoms with E-state index in [0.29, 0.717) is 6.54 Å². The maximum Gasteiger partial charge on any atom is 0.404 e. The van der Waals surface area contributed by atoms with Crippen molar-refractivity contribution in [3.63, 3.8) is 0 Å². The molecule has 0 aliphatic rings. The lowest BCUT2D eigenvalue weighted by molar-refractivity contribution is 0.0932. The molecule has 17 heavy (non-hydrogen) atoms. The normalized spacial score (nSPS) is 9.71. The molecule has 1 heterocycles. The van der Waals surface area contributed by atoms with Gasteiger partial charge in [-0.3, -0.25) is 9.78 Å². The summed E-state index contributed by atoms with van der Waals surface area (Å²) in [5.41, 5.74) is 11.3. The van der Waals surface area contributed by atoms with Crippen LogP contribution in [0.2, 0.25) is 0 Å². The number of carbonyl (C=O) groups excluding carboxylic acids is 2. The minimum Gasteiger partial charge on any atom is -0.448 e. The second kappa shape index (κ2) is 6.44. The lowest BCUT2D eigenvalue weighted by Crippen LogP contribution is -2.29. The quantitative estimate of drug-likeness (QED) is 0.589. The van der Waals surface area contributed by atoms with Gasteiger partial charge in [-0.15, -0.1) is 0 Å². The Morgan fingerprint density at radius 3 is 2.71 bits per heavy atom. The molecule has 0 radical (unpaired) electrons. The Hall–Kier alpha value is -2.15. The third kappa shape index (κ3) is 4.47. The third-order valence-corrected chi connectivity index (χ3v) is 1.93. The molecule has 1 aromatic rings. The highest BCUT2D eigenvalue weighted by Crippen LogP contribution is 1.98. The molecule has 0 fully saturated rings. The van der Waals surface area contributed by atoms with Crippen LogP contribution in [0.25, 0.3) is 0 Å². The molecule has 1 aromatic heterocycles. The van der Waals surface area contributed by atoms with Gasteiger partial charge in [0, 0.05) is 12.7 Å². The van der Waals surface area contributed by atoms with E-state index in [2.05, 4.69) is 15.0 Å². The van der Waals surface area contributed by atoms with E-state index in [1.807, 2.05) is 0 Å². The fourth-order valence-electron chi connectivity index (χ4n) is 1.09. The molecule has 7 heteroatoms. The predicted molar refractivity (Wildman–Crippen MR) is 60.0 cm³/mol. The largest absolute Gasteiger partial charge is 0.448 e. The van der Waals surface area contributed by atoms with E-state index in [1.165, 1.54) is 6.20 Å². The van der Waals surface area contributed by atoms with E-state index in [0.717, 1.165) is 5.56 Å². The first-order valence-corrected chi connectivity index (χ1v) is 4.99. The molecule has 0 saturated heterocycles. The van der Waals surface area contributed by atoms with Crippen LogP contribution in [0.5, 0.6) is 0 Å².